The minimum absolute atomic E-state index is 0.140. The molecule has 3 nitrogen and oxygen atoms in total. The zero-order valence-electron chi connectivity index (χ0n) is 10.4. The molecule has 0 unspecified atom stereocenters. The molecule has 0 spiro atoms. The van der Waals surface area contributed by atoms with Crippen LogP contribution < -0.4 is 0 Å². The molecule has 1 aliphatic rings. The van der Waals surface area contributed by atoms with Crippen molar-refractivity contribution in [2.45, 2.75) is 5.37 Å². The first-order valence-corrected chi connectivity index (χ1v) is 7.80. The van der Waals surface area contributed by atoms with Gasteiger partial charge in [0.05, 0.1) is 5.75 Å². The van der Waals surface area contributed by atoms with E-state index in [2.05, 4.69) is 44.9 Å². The fourth-order valence-corrected chi connectivity index (χ4v) is 3.74. The van der Waals surface area contributed by atoms with Crippen LogP contribution in [0.3, 0.4) is 0 Å². The molecule has 98 valence electrons. The van der Waals surface area contributed by atoms with Crippen molar-refractivity contribution in [3.8, 4) is 5.69 Å². The highest BCUT2D eigenvalue weighted by atomic mass is 79.9. The van der Waals surface area contributed by atoms with Gasteiger partial charge in [-0.2, -0.15) is 0 Å². The summed E-state index contributed by atoms with van der Waals surface area (Å²) in [5, 5.41) is 0.140. The number of benzene rings is 1. The van der Waals surface area contributed by atoms with Gasteiger partial charge >= 0.3 is 0 Å². The maximum absolute atomic E-state index is 11.6. The van der Waals surface area contributed by atoms with Crippen LogP contribution in [-0.4, -0.2) is 28.2 Å². The summed E-state index contributed by atoms with van der Waals surface area (Å²) >= 11 is 5.16. The van der Waals surface area contributed by atoms with E-state index >= 15 is 0 Å². The standard InChI is InChI=1S/C14H13BrN2OS/c1-16-13(18)9-19-14(16)10-5-6-17(8-10)12-4-2-3-11(15)7-12/h2-8,14H,9H2,1H3/t14-/m0/s1. The molecule has 5 heteroatoms. The molecule has 0 N–H and O–H groups in total. The Hall–Kier alpha value is -1.20. The molecule has 2 aromatic rings. The van der Waals surface area contributed by atoms with E-state index in [1.54, 1.807) is 11.8 Å². The molecule has 19 heavy (non-hydrogen) atoms. The molecule has 1 atom stereocenters. The van der Waals surface area contributed by atoms with Crippen molar-refractivity contribution < 1.29 is 4.79 Å². The zero-order valence-corrected chi connectivity index (χ0v) is 12.8. The number of rotatable bonds is 2. The lowest BCUT2D eigenvalue weighted by Gasteiger charge is -2.17. The van der Waals surface area contributed by atoms with Crippen LogP contribution in [0, 0.1) is 0 Å². The SMILES string of the molecule is CN1C(=O)CS[C@H]1c1ccn(-c2cccc(Br)c2)c1. The molecular formula is C14H13BrN2OS. The molecule has 2 heterocycles. The largest absolute Gasteiger partial charge is 0.329 e. The van der Waals surface area contributed by atoms with Gasteiger partial charge in [0.1, 0.15) is 5.37 Å². The lowest BCUT2D eigenvalue weighted by Crippen LogP contribution is -2.22. The van der Waals surface area contributed by atoms with Gasteiger partial charge in [0, 0.05) is 35.2 Å². The van der Waals surface area contributed by atoms with Gasteiger partial charge in [-0.15, -0.1) is 11.8 Å². The van der Waals surface area contributed by atoms with E-state index in [9.17, 15) is 4.79 Å². The first-order chi connectivity index (χ1) is 9.15. The third kappa shape index (κ3) is 2.44. The average molecular weight is 337 g/mol. The van der Waals surface area contributed by atoms with Crippen molar-refractivity contribution in [1.82, 2.24) is 9.47 Å². The van der Waals surface area contributed by atoms with Gasteiger partial charge in [0.25, 0.3) is 0 Å². The highest BCUT2D eigenvalue weighted by Crippen LogP contribution is 2.37. The van der Waals surface area contributed by atoms with E-state index < -0.39 is 0 Å². The molecule has 1 aromatic heterocycles. The third-order valence-electron chi connectivity index (χ3n) is 3.22. The van der Waals surface area contributed by atoms with Gasteiger partial charge in [0.2, 0.25) is 5.91 Å². The second-order valence-corrected chi connectivity index (χ2v) is 6.48. The second-order valence-electron chi connectivity index (χ2n) is 4.50. The Morgan fingerprint density at radius 3 is 2.89 bits per heavy atom. The Labute approximate surface area is 124 Å². The van der Waals surface area contributed by atoms with Gasteiger partial charge < -0.3 is 9.47 Å². The number of hydrogen-bond donors (Lipinski definition) is 0. The minimum atomic E-state index is 0.140. The van der Waals surface area contributed by atoms with Crippen LogP contribution in [0.4, 0.5) is 0 Å². The average Bonchev–Trinajstić information content (AvgIpc) is 2.98. The van der Waals surface area contributed by atoms with Gasteiger partial charge in [0.15, 0.2) is 0 Å². The molecule has 1 amide bonds. The molecule has 0 saturated carbocycles. The maximum atomic E-state index is 11.6. The summed E-state index contributed by atoms with van der Waals surface area (Å²) in [6.45, 7) is 0. The molecule has 1 fully saturated rings. The number of halogens is 1. The lowest BCUT2D eigenvalue weighted by molar-refractivity contribution is -0.126. The van der Waals surface area contributed by atoms with Gasteiger partial charge in [-0.3, -0.25) is 4.79 Å². The Bertz CT molecular complexity index is 625. The normalized spacial score (nSPS) is 19.2. The summed E-state index contributed by atoms with van der Waals surface area (Å²) in [5.74, 6) is 0.772. The van der Waals surface area contributed by atoms with Crippen molar-refractivity contribution in [3.05, 3.63) is 52.8 Å². The summed E-state index contributed by atoms with van der Waals surface area (Å²) in [5.41, 5.74) is 2.27. The van der Waals surface area contributed by atoms with Crippen molar-refractivity contribution >= 4 is 33.6 Å². The molecule has 1 aliphatic heterocycles. The van der Waals surface area contributed by atoms with Crippen molar-refractivity contribution in [2.75, 3.05) is 12.8 Å². The molecule has 1 saturated heterocycles. The Kier molecular flexibility index (Phi) is 3.41. The second kappa shape index (κ2) is 5.06. The molecule has 0 bridgehead atoms. The highest BCUT2D eigenvalue weighted by Gasteiger charge is 2.30. The smallest absolute Gasteiger partial charge is 0.233 e. The predicted octanol–water partition coefficient (Wildman–Crippen LogP) is 3.44. The molecular weight excluding hydrogens is 324 g/mol. The van der Waals surface area contributed by atoms with Gasteiger partial charge in [-0.25, -0.2) is 0 Å². The van der Waals surface area contributed by atoms with Crippen LogP contribution in [0.2, 0.25) is 0 Å². The minimum Gasteiger partial charge on any atom is -0.329 e. The van der Waals surface area contributed by atoms with Crippen LogP contribution in [0.15, 0.2) is 47.2 Å². The number of hydrogen-bond acceptors (Lipinski definition) is 2. The number of amides is 1. The zero-order chi connectivity index (χ0) is 13.4. The topological polar surface area (TPSA) is 25.2 Å². The van der Waals surface area contributed by atoms with Crippen molar-refractivity contribution in [3.63, 3.8) is 0 Å². The van der Waals surface area contributed by atoms with Gasteiger partial charge in [-0.05, 0) is 24.3 Å². The molecule has 0 radical (unpaired) electrons. The summed E-state index contributed by atoms with van der Waals surface area (Å²) in [6.07, 6.45) is 4.13. The van der Waals surface area contributed by atoms with Gasteiger partial charge in [-0.1, -0.05) is 22.0 Å². The first-order valence-electron chi connectivity index (χ1n) is 5.96. The number of nitrogens with zero attached hydrogens (tertiary/aromatic N) is 2. The molecule has 1 aromatic carbocycles. The summed E-state index contributed by atoms with van der Waals surface area (Å²) in [7, 11) is 1.86. The van der Waals surface area contributed by atoms with Crippen LogP contribution in [-0.2, 0) is 4.79 Å². The first kappa shape index (κ1) is 12.8. The van der Waals surface area contributed by atoms with E-state index in [0.717, 1.165) is 10.2 Å². The highest BCUT2D eigenvalue weighted by molar-refractivity contribution is 9.10. The Morgan fingerprint density at radius 1 is 1.37 bits per heavy atom. The number of carbonyl (C=O) groups excluding carboxylic acids is 1. The number of aromatic nitrogens is 1. The lowest BCUT2D eigenvalue weighted by atomic mass is 10.3. The van der Waals surface area contributed by atoms with Crippen LogP contribution in [0.5, 0.6) is 0 Å². The number of thioether (sulfide) groups is 1. The quantitative estimate of drug-likeness (QED) is 0.839. The summed E-state index contributed by atoms with van der Waals surface area (Å²) in [6, 6.07) is 10.2. The Morgan fingerprint density at radius 2 is 2.21 bits per heavy atom. The van der Waals surface area contributed by atoms with E-state index in [-0.39, 0.29) is 11.3 Å². The third-order valence-corrected chi connectivity index (χ3v) is 5.03. The fraction of sp³-hybridized carbons (Fsp3) is 0.214. The number of carbonyl (C=O) groups is 1. The van der Waals surface area contributed by atoms with Crippen molar-refractivity contribution in [1.29, 1.82) is 0 Å². The molecule has 0 aliphatic carbocycles. The van der Waals surface area contributed by atoms with Crippen LogP contribution in [0.1, 0.15) is 10.9 Å². The monoisotopic (exact) mass is 336 g/mol. The van der Waals surface area contributed by atoms with Crippen LogP contribution >= 0.6 is 27.7 Å². The van der Waals surface area contributed by atoms with Crippen molar-refractivity contribution in [2.24, 2.45) is 0 Å². The van der Waals surface area contributed by atoms with E-state index in [4.69, 9.17) is 0 Å². The fourth-order valence-electron chi connectivity index (χ4n) is 2.17. The van der Waals surface area contributed by atoms with E-state index in [0.29, 0.717) is 5.75 Å². The molecule has 3 rings (SSSR count). The Balaban J connectivity index is 1.90. The van der Waals surface area contributed by atoms with E-state index in [1.165, 1.54) is 5.56 Å². The van der Waals surface area contributed by atoms with Crippen LogP contribution in [0.25, 0.3) is 5.69 Å². The summed E-state index contributed by atoms with van der Waals surface area (Å²) in [4.78, 5) is 13.4. The summed E-state index contributed by atoms with van der Waals surface area (Å²) < 4.78 is 3.14. The van der Waals surface area contributed by atoms with E-state index in [1.807, 2.05) is 30.3 Å². The maximum Gasteiger partial charge on any atom is 0.233 e. The predicted molar refractivity (Wildman–Crippen MR) is 81.4 cm³/mol.